The van der Waals surface area contributed by atoms with Gasteiger partial charge in [-0.05, 0) is 17.7 Å². The van der Waals surface area contributed by atoms with E-state index in [1.165, 1.54) is 25.3 Å². The van der Waals surface area contributed by atoms with Gasteiger partial charge >= 0.3 is 5.97 Å². The fourth-order valence-corrected chi connectivity index (χ4v) is 1.59. The van der Waals surface area contributed by atoms with Crippen LogP contribution in [0.15, 0.2) is 36.5 Å². The highest BCUT2D eigenvalue weighted by Gasteiger charge is 2.11. The quantitative estimate of drug-likeness (QED) is 0.854. The van der Waals surface area contributed by atoms with Crippen molar-refractivity contribution < 1.29 is 19.4 Å². The lowest BCUT2D eigenvalue weighted by atomic mass is 10.2. The summed E-state index contributed by atoms with van der Waals surface area (Å²) in [6.45, 7) is 0.259. The van der Waals surface area contributed by atoms with Crippen LogP contribution in [0.1, 0.15) is 26.5 Å². The van der Waals surface area contributed by atoms with Gasteiger partial charge in [0.15, 0.2) is 0 Å². The molecule has 0 saturated heterocycles. The third-order valence-electron chi connectivity index (χ3n) is 2.66. The molecule has 2 rings (SSSR count). The summed E-state index contributed by atoms with van der Waals surface area (Å²) in [7, 11) is 1.52. The summed E-state index contributed by atoms with van der Waals surface area (Å²) in [6, 6.07) is 7.71. The normalized spacial score (nSPS) is 9.95. The van der Waals surface area contributed by atoms with Gasteiger partial charge in [0, 0.05) is 18.8 Å². The van der Waals surface area contributed by atoms with Crippen molar-refractivity contribution in [2.75, 3.05) is 7.11 Å². The predicted octanol–water partition coefficient (Wildman–Crippen LogP) is 1.11. The molecule has 0 atom stereocenters. The van der Waals surface area contributed by atoms with Crippen molar-refractivity contribution in [3.05, 3.63) is 53.5 Å². The topological polar surface area (TPSA) is 101 Å². The van der Waals surface area contributed by atoms with Crippen molar-refractivity contribution in [1.82, 2.24) is 15.3 Å². The molecule has 7 heteroatoms. The molecule has 0 aliphatic heterocycles. The number of ether oxygens (including phenoxy) is 1. The minimum Gasteiger partial charge on any atom is -0.481 e. The summed E-state index contributed by atoms with van der Waals surface area (Å²) >= 11 is 0. The lowest BCUT2D eigenvalue weighted by Crippen LogP contribution is -2.24. The largest absolute Gasteiger partial charge is 0.481 e. The van der Waals surface area contributed by atoms with Crippen molar-refractivity contribution in [3.8, 4) is 5.88 Å². The Labute approximate surface area is 120 Å². The third kappa shape index (κ3) is 3.75. The van der Waals surface area contributed by atoms with Crippen molar-refractivity contribution in [3.63, 3.8) is 0 Å². The number of carboxylic acid groups (broad SMARTS) is 1. The smallest absolute Gasteiger partial charge is 0.354 e. The van der Waals surface area contributed by atoms with Crippen LogP contribution in [0.4, 0.5) is 0 Å². The number of nitrogens with zero attached hydrogens (tertiary/aromatic N) is 2. The maximum atomic E-state index is 11.9. The molecule has 0 aliphatic carbocycles. The minimum atomic E-state index is -1.18. The Morgan fingerprint density at radius 1 is 1.24 bits per heavy atom. The number of carbonyl (C=O) groups excluding carboxylic acids is 1. The van der Waals surface area contributed by atoms with Gasteiger partial charge in [0.2, 0.25) is 5.88 Å². The molecule has 0 bridgehead atoms. The molecule has 0 radical (unpaired) electrons. The molecule has 1 amide bonds. The van der Waals surface area contributed by atoms with Gasteiger partial charge < -0.3 is 15.2 Å². The maximum absolute atomic E-state index is 11.9. The van der Waals surface area contributed by atoms with Gasteiger partial charge in [0.05, 0.1) is 7.11 Å². The van der Waals surface area contributed by atoms with Crippen LogP contribution in [-0.2, 0) is 6.54 Å². The molecular weight excluding hydrogens is 274 g/mol. The lowest BCUT2D eigenvalue weighted by Gasteiger charge is -2.06. The Morgan fingerprint density at radius 3 is 2.62 bits per heavy atom. The number of hydrogen-bond donors (Lipinski definition) is 2. The average Bonchev–Trinajstić information content (AvgIpc) is 2.53. The molecule has 2 aromatic rings. The van der Waals surface area contributed by atoms with Crippen LogP contribution in [0.25, 0.3) is 0 Å². The number of nitrogens with one attached hydrogen (secondary N) is 1. The molecule has 0 aromatic carbocycles. The summed E-state index contributed by atoms with van der Waals surface area (Å²) < 4.78 is 4.94. The summed E-state index contributed by atoms with van der Waals surface area (Å²) in [5.41, 5.74) is 0.670. The maximum Gasteiger partial charge on any atom is 0.354 e. The van der Waals surface area contributed by atoms with Gasteiger partial charge in [-0.15, -0.1) is 0 Å². The zero-order valence-electron chi connectivity index (χ0n) is 11.2. The number of aromatic nitrogens is 2. The molecule has 0 aliphatic rings. The van der Waals surface area contributed by atoms with Gasteiger partial charge in [0.1, 0.15) is 11.4 Å². The average molecular weight is 287 g/mol. The van der Waals surface area contributed by atoms with Gasteiger partial charge in [-0.1, -0.05) is 12.1 Å². The summed E-state index contributed by atoms with van der Waals surface area (Å²) in [5, 5.41) is 11.5. The fraction of sp³-hybridized carbons (Fsp3) is 0.143. The predicted molar refractivity (Wildman–Crippen MR) is 73.2 cm³/mol. The van der Waals surface area contributed by atoms with E-state index in [4.69, 9.17) is 9.84 Å². The van der Waals surface area contributed by atoms with Crippen LogP contribution in [-0.4, -0.2) is 34.1 Å². The highest BCUT2D eigenvalue weighted by molar-refractivity contribution is 5.94. The van der Waals surface area contributed by atoms with E-state index in [0.29, 0.717) is 5.88 Å². The number of carbonyl (C=O) groups is 2. The van der Waals surface area contributed by atoms with Gasteiger partial charge in [-0.25, -0.2) is 14.8 Å². The van der Waals surface area contributed by atoms with Crippen LogP contribution < -0.4 is 10.1 Å². The second-order valence-electron chi connectivity index (χ2n) is 4.10. The minimum absolute atomic E-state index is 0.0522. The first-order valence-corrected chi connectivity index (χ1v) is 6.07. The Hall–Kier alpha value is -2.96. The van der Waals surface area contributed by atoms with Gasteiger partial charge in [-0.3, -0.25) is 4.79 Å². The molecule has 0 fully saturated rings. The van der Waals surface area contributed by atoms with Crippen LogP contribution in [0.2, 0.25) is 0 Å². The molecule has 21 heavy (non-hydrogen) atoms. The standard InChI is InChI=1S/C14H13N3O4/c1-21-12-6-5-9(7-15-12)8-16-13(18)10-3-2-4-11(17-10)14(19)20/h2-7H,8H2,1H3,(H,16,18)(H,19,20). The number of methoxy groups -OCH3 is 1. The first-order chi connectivity index (χ1) is 10.1. The van der Waals surface area contributed by atoms with Crippen LogP contribution >= 0.6 is 0 Å². The SMILES string of the molecule is COc1ccc(CNC(=O)c2cccc(C(=O)O)n2)cn1. The molecule has 108 valence electrons. The Balaban J connectivity index is 2.00. The summed E-state index contributed by atoms with van der Waals surface area (Å²) in [5.74, 6) is -1.14. The fourth-order valence-electron chi connectivity index (χ4n) is 1.59. The number of aromatic carboxylic acids is 1. The van der Waals surface area contributed by atoms with E-state index < -0.39 is 11.9 Å². The Bertz CT molecular complexity index is 656. The van der Waals surface area contributed by atoms with E-state index in [1.54, 1.807) is 18.3 Å². The summed E-state index contributed by atoms with van der Waals surface area (Å²) in [4.78, 5) is 30.5. The summed E-state index contributed by atoms with van der Waals surface area (Å²) in [6.07, 6.45) is 1.58. The molecule has 0 saturated carbocycles. The molecule has 2 N–H and O–H groups in total. The third-order valence-corrected chi connectivity index (χ3v) is 2.66. The van der Waals surface area contributed by atoms with E-state index in [2.05, 4.69) is 15.3 Å². The van der Waals surface area contributed by atoms with Gasteiger partial charge in [0.25, 0.3) is 5.91 Å². The molecular formula is C14H13N3O4. The van der Waals surface area contributed by atoms with E-state index >= 15 is 0 Å². The van der Waals surface area contributed by atoms with Crippen molar-refractivity contribution in [1.29, 1.82) is 0 Å². The second kappa shape index (κ2) is 6.47. The van der Waals surface area contributed by atoms with Crippen molar-refractivity contribution in [2.45, 2.75) is 6.54 Å². The van der Waals surface area contributed by atoms with Crippen molar-refractivity contribution in [2.24, 2.45) is 0 Å². The molecule has 0 unspecified atom stereocenters. The number of carboxylic acids is 1. The van der Waals surface area contributed by atoms with Crippen LogP contribution in [0, 0.1) is 0 Å². The number of amides is 1. The van der Waals surface area contributed by atoms with E-state index in [1.807, 2.05) is 0 Å². The van der Waals surface area contributed by atoms with E-state index in [9.17, 15) is 9.59 Å². The van der Waals surface area contributed by atoms with Crippen LogP contribution in [0.5, 0.6) is 5.88 Å². The number of pyridine rings is 2. The molecule has 2 heterocycles. The molecule has 2 aromatic heterocycles. The highest BCUT2D eigenvalue weighted by atomic mass is 16.5. The first-order valence-electron chi connectivity index (χ1n) is 6.07. The zero-order valence-corrected chi connectivity index (χ0v) is 11.2. The van der Waals surface area contributed by atoms with Crippen LogP contribution in [0.3, 0.4) is 0 Å². The molecule has 7 nitrogen and oxygen atoms in total. The Kier molecular flexibility index (Phi) is 4.45. The number of hydrogen-bond acceptors (Lipinski definition) is 5. The first kappa shape index (κ1) is 14.4. The second-order valence-corrected chi connectivity index (χ2v) is 4.10. The van der Waals surface area contributed by atoms with Gasteiger partial charge in [-0.2, -0.15) is 0 Å². The Morgan fingerprint density at radius 2 is 2.00 bits per heavy atom. The number of rotatable bonds is 5. The zero-order chi connectivity index (χ0) is 15.2. The van der Waals surface area contributed by atoms with Crippen molar-refractivity contribution >= 4 is 11.9 Å². The lowest BCUT2D eigenvalue weighted by molar-refractivity contribution is 0.0690. The van der Waals surface area contributed by atoms with E-state index in [0.717, 1.165) is 5.56 Å². The monoisotopic (exact) mass is 287 g/mol. The van der Waals surface area contributed by atoms with E-state index in [-0.39, 0.29) is 17.9 Å². The highest BCUT2D eigenvalue weighted by Crippen LogP contribution is 2.06. The molecule has 0 spiro atoms.